The summed E-state index contributed by atoms with van der Waals surface area (Å²) in [6.07, 6.45) is -2.78. The van der Waals surface area contributed by atoms with Gasteiger partial charge in [0.15, 0.2) is 11.9 Å². The van der Waals surface area contributed by atoms with Crippen molar-refractivity contribution in [2.24, 2.45) is 0 Å². The Hall–Kier alpha value is -0.0103. The molecule has 4 N–H and O–H groups in total. The number of hydrogen-bond donors (Lipinski definition) is 4. The molecule has 0 aromatic rings. The Morgan fingerprint density at radius 3 is 2.38 bits per heavy atom. The van der Waals surface area contributed by atoms with Gasteiger partial charge in [-0.3, -0.25) is 0 Å². The zero-order valence-corrected chi connectivity index (χ0v) is 8.88. The van der Waals surface area contributed by atoms with Gasteiger partial charge in [0, 0.05) is 0 Å². The number of carbonyl (C=O) groups is 1. The van der Waals surface area contributed by atoms with Crippen molar-refractivity contribution in [1.29, 1.82) is 0 Å². The van der Waals surface area contributed by atoms with Crippen molar-refractivity contribution in [1.82, 2.24) is 0 Å². The maximum absolute atomic E-state index is 10.5. The molecular weight excluding hydrogens is 208 g/mol. The predicted octanol–water partition coefficient (Wildman–Crippen LogP) is -1.56. The van der Waals surface area contributed by atoms with Crippen molar-refractivity contribution >= 4 is 43.7 Å². The molecule has 2 atom stereocenters. The molecule has 0 aromatic heterocycles. The summed E-state index contributed by atoms with van der Waals surface area (Å²) < 4.78 is 4.32. The zero-order chi connectivity index (χ0) is 9.30. The number of aliphatic hydroxyl groups excluding tert-OH is 4. The Labute approximate surface area is 106 Å². The van der Waals surface area contributed by atoms with E-state index in [1.54, 1.807) is 0 Å². The Morgan fingerprint density at radius 2 is 2.08 bits per heavy atom. The fourth-order valence-corrected chi connectivity index (χ4v) is 0.823. The largest absolute Gasteiger partial charge is 2.00 e. The van der Waals surface area contributed by atoms with Crippen LogP contribution >= 0.6 is 0 Å². The molecule has 0 fully saturated rings. The summed E-state index contributed by atoms with van der Waals surface area (Å²) in [6, 6.07) is 0. The first-order valence-electron chi connectivity index (χ1n) is 3.20. The van der Waals surface area contributed by atoms with Gasteiger partial charge in [0.25, 0.3) is 0 Å². The van der Waals surface area contributed by atoms with E-state index in [9.17, 15) is 4.79 Å². The van der Waals surface area contributed by atoms with Crippen LogP contribution in [0.25, 0.3) is 0 Å². The first kappa shape index (κ1) is 13.0. The molecule has 0 aromatic carbocycles. The monoisotopic (exact) mass is 218 g/mol. The molecule has 0 saturated carbocycles. The number of esters is 1. The average Bonchev–Trinajstić information content (AvgIpc) is 2.32. The molecule has 0 aliphatic carbocycles. The Bertz CT molecular complexity index is 246. The molecule has 0 bridgehead atoms. The predicted molar refractivity (Wildman–Crippen MR) is 43.2 cm³/mol. The second kappa shape index (κ2) is 5.02. The minimum Gasteiger partial charge on any atom is -1.00 e. The molecule has 1 heterocycles. The van der Waals surface area contributed by atoms with Gasteiger partial charge in [-0.25, -0.2) is 4.79 Å². The smallest absolute Gasteiger partial charge is 1.00 e. The SMILES string of the molecule is O=C1O[C@H]([C@@H](O)CO)C(O)=C1O.[Ca+2].[H-].[H-]. The van der Waals surface area contributed by atoms with E-state index in [-0.39, 0.29) is 40.6 Å². The number of carbonyl (C=O) groups excluding carboxylic acids is 1. The summed E-state index contributed by atoms with van der Waals surface area (Å²) in [5.41, 5.74) is 0. The van der Waals surface area contributed by atoms with Crippen LogP contribution in [-0.4, -0.2) is 82.9 Å². The van der Waals surface area contributed by atoms with Gasteiger partial charge in [0.05, 0.1) is 6.61 Å². The van der Waals surface area contributed by atoms with Crippen LogP contribution in [0.3, 0.4) is 0 Å². The summed E-state index contributed by atoms with van der Waals surface area (Å²) >= 11 is 0. The second-order valence-corrected chi connectivity index (χ2v) is 2.31. The molecule has 13 heavy (non-hydrogen) atoms. The first-order chi connectivity index (χ1) is 5.57. The molecule has 0 unspecified atom stereocenters. The number of hydrogen-bond acceptors (Lipinski definition) is 6. The molecule has 0 radical (unpaired) electrons. The van der Waals surface area contributed by atoms with Crippen LogP contribution in [0.15, 0.2) is 11.5 Å². The molecule has 0 amide bonds. The Balaban J connectivity index is -0.000000480. The van der Waals surface area contributed by atoms with Crippen LogP contribution in [0, 0.1) is 0 Å². The molecule has 0 saturated heterocycles. The quantitative estimate of drug-likeness (QED) is 0.330. The maximum Gasteiger partial charge on any atom is 2.00 e. The van der Waals surface area contributed by atoms with Crippen molar-refractivity contribution in [3.05, 3.63) is 11.5 Å². The van der Waals surface area contributed by atoms with E-state index in [2.05, 4.69) is 4.74 Å². The zero-order valence-electron chi connectivity index (χ0n) is 8.67. The van der Waals surface area contributed by atoms with Crippen LogP contribution in [0.1, 0.15) is 2.85 Å². The van der Waals surface area contributed by atoms with E-state index in [1.165, 1.54) is 0 Å². The van der Waals surface area contributed by atoms with Crippen LogP contribution in [0.4, 0.5) is 0 Å². The minimum absolute atomic E-state index is 0. The van der Waals surface area contributed by atoms with E-state index < -0.39 is 36.3 Å². The standard InChI is InChI=1S/C6H8O6.Ca.2H/c7-1-2(8)5-3(9)4(10)6(11)12-5;;;/h2,5,7-10H,1H2;;;/q;+2;2*-1/t2-,5+;;;/m0.../s1. The third-order valence-electron chi connectivity index (χ3n) is 1.48. The van der Waals surface area contributed by atoms with Gasteiger partial charge >= 0.3 is 43.7 Å². The van der Waals surface area contributed by atoms with Crippen molar-refractivity contribution in [3.63, 3.8) is 0 Å². The molecule has 0 spiro atoms. The molecule has 1 rings (SSSR count). The molecule has 7 heteroatoms. The molecule has 1 aliphatic heterocycles. The van der Waals surface area contributed by atoms with Crippen LogP contribution < -0.4 is 0 Å². The average molecular weight is 218 g/mol. The van der Waals surface area contributed by atoms with Gasteiger partial charge in [-0.15, -0.1) is 0 Å². The number of rotatable bonds is 2. The van der Waals surface area contributed by atoms with E-state index in [4.69, 9.17) is 20.4 Å². The van der Waals surface area contributed by atoms with E-state index in [0.717, 1.165) is 0 Å². The summed E-state index contributed by atoms with van der Waals surface area (Å²) in [5.74, 6) is -2.78. The van der Waals surface area contributed by atoms with Gasteiger partial charge in [0.1, 0.15) is 6.10 Å². The van der Waals surface area contributed by atoms with Gasteiger partial charge in [-0.05, 0) is 0 Å². The van der Waals surface area contributed by atoms with Gasteiger partial charge in [-0.2, -0.15) is 0 Å². The minimum atomic E-state index is -1.42. The summed E-state index contributed by atoms with van der Waals surface area (Å²) in [6.45, 7) is -0.671. The fraction of sp³-hybridized carbons (Fsp3) is 0.500. The molecular formula is C6H10CaO6. The maximum atomic E-state index is 10.5. The summed E-state index contributed by atoms with van der Waals surface area (Å²) in [7, 11) is 0. The van der Waals surface area contributed by atoms with E-state index in [1.807, 2.05) is 0 Å². The van der Waals surface area contributed by atoms with Gasteiger partial charge in [0.2, 0.25) is 5.76 Å². The van der Waals surface area contributed by atoms with Gasteiger partial charge in [-0.1, -0.05) is 0 Å². The number of aliphatic hydroxyl groups is 4. The topological polar surface area (TPSA) is 107 Å². The Morgan fingerprint density at radius 1 is 1.54 bits per heavy atom. The molecule has 1 aliphatic rings. The van der Waals surface area contributed by atoms with Gasteiger partial charge < -0.3 is 28.0 Å². The normalized spacial score (nSPS) is 23.8. The number of ether oxygens (including phenoxy) is 1. The van der Waals surface area contributed by atoms with Crippen LogP contribution in [-0.2, 0) is 9.53 Å². The molecule has 72 valence electrons. The van der Waals surface area contributed by atoms with Crippen molar-refractivity contribution in [2.45, 2.75) is 12.2 Å². The van der Waals surface area contributed by atoms with Crippen molar-refractivity contribution in [2.75, 3.05) is 6.61 Å². The molecule has 6 nitrogen and oxygen atoms in total. The summed E-state index contributed by atoms with van der Waals surface area (Å²) in [4.78, 5) is 10.5. The van der Waals surface area contributed by atoms with E-state index in [0.29, 0.717) is 0 Å². The van der Waals surface area contributed by atoms with E-state index >= 15 is 0 Å². The third-order valence-corrected chi connectivity index (χ3v) is 1.48. The second-order valence-electron chi connectivity index (χ2n) is 2.31. The fourth-order valence-electron chi connectivity index (χ4n) is 0.823. The number of cyclic esters (lactones) is 1. The van der Waals surface area contributed by atoms with Crippen LogP contribution in [0.5, 0.6) is 0 Å². The van der Waals surface area contributed by atoms with Crippen molar-refractivity contribution in [3.8, 4) is 0 Å². The Kier molecular flexibility index (Phi) is 5.01. The van der Waals surface area contributed by atoms with Crippen molar-refractivity contribution < 1.29 is 32.8 Å². The third kappa shape index (κ3) is 2.47. The first-order valence-corrected chi connectivity index (χ1v) is 3.20. The van der Waals surface area contributed by atoms with Crippen LogP contribution in [0.2, 0.25) is 0 Å². The summed E-state index contributed by atoms with van der Waals surface area (Å²) in [5, 5.41) is 35.0.